The maximum Gasteiger partial charge on any atom is 0.322 e. The first-order chi connectivity index (χ1) is 8.60. The normalized spacial score (nSPS) is 24.2. The van der Waals surface area contributed by atoms with Crippen molar-refractivity contribution in [3.8, 4) is 0 Å². The Morgan fingerprint density at radius 1 is 1.39 bits per heavy atom. The Morgan fingerprint density at radius 2 is 2.00 bits per heavy atom. The van der Waals surface area contributed by atoms with Gasteiger partial charge in [-0.2, -0.15) is 0 Å². The Kier molecular flexibility index (Phi) is 3.97. The number of nitrogens with one attached hydrogen (secondary N) is 1. The first-order valence-electron chi connectivity index (χ1n) is 6.19. The van der Waals surface area contributed by atoms with E-state index >= 15 is 0 Å². The van der Waals surface area contributed by atoms with E-state index in [2.05, 4.69) is 10.1 Å². The van der Waals surface area contributed by atoms with E-state index in [0.29, 0.717) is 12.0 Å². The molecule has 1 aliphatic carbocycles. The molecule has 1 fully saturated rings. The summed E-state index contributed by atoms with van der Waals surface area (Å²) in [4.78, 5) is 11.2. The summed E-state index contributed by atoms with van der Waals surface area (Å²) < 4.78 is 17.4. The smallest absolute Gasteiger partial charge is 0.322 e. The van der Waals surface area contributed by atoms with Crippen LogP contribution in [0.15, 0.2) is 24.3 Å². The second kappa shape index (κ2) is 5.48. The summed E-state index contributed by atoms with van der Waals surface area (Å²) in [7, 11) is 1.39. The highest BCUT2D eigenvalue weighted by Crippen LogP contribution is 2.37. The molecular weight excluding hydrogens is 233 g/mol. The SMILES string of the molecule is COC(=O)C(C)NC1CC(c2ccc(F)cc2)C1. The van der Waals surface area contributed by atoms with E-state index < -0.39 is 0 Å². The first kappa shape index (κ1) is 13.0. The first-order valence-corrected chi connectivity index (χ1v) is 6.19. The van der Waals surface area contributed by atoms with Crippen LogP contribution in [0, 0.1) is 5.82 Å². The van der Waals surface area contributed by atoms with Gasteiger partial charge in [-0.3, -0.25) is 4.79 Å². The van der Waals surface area contributed by atoms with Crippen LogP contribution < -0.4 is 5.32 Å². The molecule has 0 aliphatic heterocycles. The van der Waals surface area contributed by atoms with Crippen LogP contribution in [-0.4, -0.2) is 25.2 Å². The molecule has 4 heteroatoms. The number of benzene rings is 1. The fourth-order valence-electron chi connectivity index (χ4n) is 2.36. The zero-order valence-corrected chi connectivity index (χ0v) is 10.7. The number of hydrogen-bond donors (Lipinski definition) is 1. The van der Waals surface area contributed by atoms with E-state index in [0.717, 1.165) is 12.8 Å². The summed E-state index contributed by atoms with van der Waals surface area (Å²) in [6.07, 6.45) is 1.96. The summed E-state index contributed by atoms with van der Waals surface area (Å²) in [5.41, 5.74) is 1.17. The van der Waals surface area contributed by atoms with Gasteiger partial charge >= 0.3 is 5.97 Å². The van der Waals surface area contributed by atoms with Crippen LogP contribution in [-0.2, 0) is 9.53 Å². The molecule has 0 spiro atoms. The number of hydrogen-bond acceptors (Lipinski definition) is 3. The minimum Gasteiger partial charge on any atom is -0.468 e. The molecule has 0 radical (unpaired) electrons. The van der Waals surface area contributed by atoms with Crippen molar-refractivity contribution in [1.82, 2.24) is 5.32 Å². The number of methoxy groups -OCH3 is 1. The molecule has 0 amide bonds. The standard InChI is InChI=1S/C14H18FNO2/c1-9(14(17)18-2)16-13-7-11(8-13)10-3-5-12(15)6-4-10/h3-6,9,11,13,16H,7-8H2,1-2H3. The van der Waals surface area contributed by atoms with Gasteiger partial charge in [0.1, 0.15) is 11.9 Å². The summed E-state index contributed by atoms with van der Waals surface area (Å²) in [6.45, 7) is 1.80. The number of carbonyl (C=O) groups excluding carboxylic acids is 1. The van der Waals surface area contributed by atoms with Crippen LogP contribution in [0.5, 0.6) is 0 Å². The molecule has 2 rings (SSSR count). The molecule has 0 saturated heterocycles. The van der Waals surface area contributed by atoms with Crippen LogP contribution in [0.25, 0.3) is 0 Å². The van der Waals surface area contributed by atoms with Gasteiger partial charge in [-0.25, -0.2) is 4.39 Å². The number of carbonyl (C=O) groups is 1. The minimum atomic E-state index is -0.269. The maximum absolute atomic E-state index is 12.8. The van der Waals surface area contributed by atoms with Crippen LogP contribution in [0.2, 0.25) is 0 Å². The third-order valence-corrected chi connectivity index (χ3v) is 3.52. The Hall–Kier alpha value is -1.42. The largest absolute Gasteiger partial charge is 0.468 e. The van der Waals surface area contributed by atoms with Gasteiger partial charge in [0.05, 0.1) is 7.11 Å². The number of ether oxygens (including phenoxy) is 1. The lowest BCUT2D eigenvalue weighted by Crippen LogP contribution is -2.47. The van der Waals surface area contributed by atoms with Crippen molar-refractivity contribution < 1.29 is 13.9 Å². The molecule has 3 nitrogen and oxygen atoms in total. The second-order valence-electron chi connectivity index (χ2n) is 4.83. The van der Waals surface area contributed by atoms with Gasteiger partial charge in [-0.15, -0.1) is 0 Å². The van der Waals surface area contributed by atoms with E-state index in [9.17, 15) is 9.18 Å². The third kappa shape index (κ3) is 2.88. The molecule has 1 aliphatic rings. The molecular formula is C14H18FNO2. The molecule has 1 N–H and O–H groups in total. The van der Waals surface area contributed by atoms with E-state index in [1.807, 2.05) is 12.1 Å². The Bertz CT molecular complexity index is 412. The Morgan fingerprint density at radius 3 is 2.56 bits per heavy atom. The molecule has 1 aromatic rings. The van der Waals surface area contributed by atoms with Crippen molar-refractivity contribution in [2.75, 3.05) is 7.11 Å². The highest BCUT2D eigenvalue weighted by atomic mass is 19.1. The predicted molar refractivity (Wildman–Crippen MR) is 66.8 cm³/mol. The van der Waals surface area contributed by atoms with E-state index in [4.69, 9.17) is 0 Å². The quantitative estimate of drug-likeness (QED) is 0.834. The van der Waals surface area contributed by atoms with Crippen molar-refractivity contribution in [2.24, 2.45) is 0 Å². The van der Waals surface area contributed by atoms with Crippen LogP contribution >= 0.6 is 0 Å². The van der Waals surface area contributed by atoms with Crippen molar-refractivity contribution in [2.45, 2.75) is 37.8 Å². The summed E-state index contributed by atoms with van der Waals surface area (Å²) in [6, 6.07) is 6.73. The predicted octanol–water partition coefficient (Wildman–Crippen LogP) is 2.22. The van der Waals surface area contributed by atoms with Gasteiger partial charge in [0.15, 0.2) is 0 Å². The molecule has 0 bridgehead atoms. The topological polar surface area (TPSA) is 38.3 Å². The lowest BCUT2D eigenvalue weighted by atomic mass is 9.75. The zero-order chi connectivity index (χ0) is 13.1. The van der Waals surface area contributed by atoms with Crippen molar-refractivity contribution >= 4 is 5.97 Å². The maximum atomic E-state index is 12.8. The molecule has 18 heavy (non-hydrogen) atoms. The number of rotatable bonds is 4. The van der Waals surface area contributed by atoms with Gasteiger partial charge in [-0.1, -0.05) is 12.1 Å². The van der Waals surface area contributed by atoms with Crippen molar-refractivity contribution in [3.63, 3.8) is 0 Å². The number of halogens is 1. The summed E-state index contributed by atoms with van der Waals surface area (Å²) in [5.74, 6) is 0.0280. The third-order valence-electron chi connectivity index (χ3n) is 3.52. The second-order valence-corrected chi connectivity index (χ2v) is 4.83. The van der Waals surface area contributed by atoms with Crippen molar-refractivity contribution in [1.29, 1.82) is 0 Å². The Labute approximate surface area is 106 Å². The summed E-state index contributed by atoms with van der Waals surface area (Å²) in [5, 5.41) is 3.23. The highest BCUT2D eigenvalue weighted by Gasteiger charge is 2.32. The molecule has 1 atom stereocenters. The lowest BCUT2D eigenvalue weighted by Gasteiger charge is -2.37. The van der Waals surface area contributed by atoms with Gasteiger partial charge in [0.2, 0.25) is 0 Å². The van der Waals surface area contributed by atoms with E-state index in [1.165, 1.54) is 24.8 Å². The lowest BCUT2D eigenvalue weighted by molar-refractivity contribution is -0.143. The van der Waals surface area contributed by atoms with Crippen LogP contribution in [0.3, 0.4) is 0 Å². The molecule has 1 saturated carbocycles. The van der Waals surface area contributed by atoms with Crippen LogP contribution in [0.1, 0.15) is 31.2 Å². The monoisotopic (exact) mass is 251 g/mol. The minimum absolute atomic E-state index is 0.202. The molecule has 1 aromatic carbocycles. The van der Waals surface area contributed by atoms with Gasteiger partial charge < -0.3 is 10.1 Å². The average molecular weight is 251 g/mol. The fourth-order valence-corrected chi connectivity index (χ4v) is 2.36. The summed E-state index contributed by atoms with van der Waals surface area (Å²) >= 11 is 0. The molecule has 1 unspecified atom stereocenters. The van der Waals surface area contributed by atoms with E-state index in [1.54, 1.807) is 6.92 Å². The molecule has 0 heterocycles. The van der Waals surface area contributed by atoms with E-state index in [-0.39, 0.29) is 17.8 Å². The van der Waals surface area contributed by atoms with Crippen molar-refractivity contribution in [3.05, 3.63) is 35.6 Å². The zero-order valence-electron chi connectivity index (χ0n) is 10.7. The van der Waals surface area contributed by atoms with Crippen LogP contribution in [0.4, 0.5) is 4.39 Å². The number of esters is 1. The van der Waals surface area contributed by atoms with Gasteiger partial charge in [0.25, 0.3) is 0 Å². The fraction of sp³-hybridized carbons (Fsp3) is 0.500. The molecule has 0 aromatic heterocycles. The Balaban J connectivity index is 1.80. The van der Waals surface area contributed by atoms with Gasteiger partial charge in [-0.05, 0) is 43.4 Å². The molecule has 98 valence electrons. The highest BCUT2D eigenvalue weighted by molar-refractivity contribution is 5.75. The average Bonchev–Trinajstić information content (AvgIpc) is 2.33. The van der Waals surface area contributed by atoms with Gasteiger partial charge in [0, 0.05) is 6.04 Å².